The van der Waals surface area contributed by atoms with Crippen LogP contribution in [0, 0.1) is 0 Å². The molecule has 1 aromatic rings. The summed E-state index contributed by atoms with van der Waals surface area (Å²) >= 11 is 6.94. The van der Waals surface area contributed by atoms with Gasteiger partial charge in [-0.25, -0.2) is 0 Å². The Morgan fingerprint density at radius 1 is 1.60 bits per heavy atom. The minimum Gasteiger partial charge on any atom is -0.389 e. The molecular formula is C14H19N3OS2. The van der Waals surface area contributed by atoms with E-state index in [4.69, 9.17) is 18.0 Å². The third-order valence-corrected chi connectivity index (χ3v) is 4.50. The maximum atomic E-state index is 11.8. The molecule has 0 spiro atoms. The van der Waals surface area contributed by atoms with E-state index < -0.39 is 0 Å². The minimum atomic E-state index is -0.210. The van der Waals surface area contributed by atoms with Crippen molar-refractivity contribution < 1.29 is 4.79 Å². The molecule has 1 aliphatic rings. The van der Waals surface area contributed by atoms with E-state index in [-0.39, 0.29) is 11.9 Å². The number of thioether (sulfide) groups is 1. The third kappa shape index (κ3) is 2.91. The van der Waals surface area contributed by atoms with Crippen LogP contribution in [-0.4, -0.2) is 35.8 Å². The number of anilines is 1. The topological polar surface area (TPSA) is 58.4 Å². The highest BCUT2D eigenvalue weighted by Crippen LogP contribution is 2.32. The summed E-state index contributed by atoms with van der Waals surface area (Å²) in [7, 11) is 0. The van der Waals surface area contributed by atoms with Crippen molar-refractivity contribution >= 4 is 40.6 Å². The largest absolute Gasteiger partial charge is 0.389 e. The summed E-state index contributed by atoms with van der Waals surface area (Å²) in [4.78, 5) is 15.4. The van der Waals surface area contributed by atoms with Crippen LogP contribution in [0.5, 0.6) is 0 Å². The normalized spacial score (nSPS) is 18.8. The number of nitrogens with one attached hydrogen (secondary N) is 1. The smallest absolute Gasteiger partial charge is 0.242 e. The molecule has 0 radical (unpaired) electrons. The van der Waals surface area contributed by atoms with E-state index >= 15 is 0 Å². The molecule has 1 aromatic carbocycles. The number of piperazine rings is 1. The van der Waals surface area contributed by atoms with Gasteiger partial charge in [0.25, 0.3) is 0 Å². The molecule has 1 aliphatic heterocycles. The van der Waals surface area contributed by atoms with Crippen LogP contribution in [0.1, 0.15) is 19.4 Å². The van der Waals surface area contributed by atoms with E-state index in [0.29, 0.717) is 11.5 Å². The first kappa shape index (κ1) is 15.1. The Labute approximate surface area is 129 Å². The van der Waals surface area contributed by atoms with E-state index in [2.05, 4.69) is 17.1 Å². The molecule has 0 aromatic heterocycles. The summed E-state index contributed by atoms with van der Waals surface area (Å²) in [5.41, 5.74) is 7.77. The van der Waals surface area contributed by atoms with Crippen LogP contribution in [0.15, 0.2) is 23.1 Å². The van der Waals surface area contributed by atoms with Crippen molar-refractivity contribution in [3.8, 4) is 0 Å². The number of hydrogen-bond acceptors (Lipinski definition) is 4. The molecule has 2 rings (SSSR count). The molecule has 6 heteroatoms. The predicted octanol–water partition coefficient (Wildman–Crippen LogP) is 1.76. The Balaban J connectivity index is 2.47. The number of benzene rings is 1. The maximum absolute atomic E-state index is 11.8. The van der Waals surface area contributed by atoms with E-state index in [1.54, 1.807) is 11.8 Å². The Morgan fingerprint density at radius 3 is 3.00 bits per heavy atom. The van der Waals surface area contributed by atoms with Crippen molar-refractivity contribution in [3.05, 3.63) is 23.8 Å². The summed E-state index contributed by atoms with van der Waals surface area (Å²) in [5, 5.41) is 2.87. The average Bonchev–Trinajstić information content (AvgIpc) is 2.42. The number of rotatable bonds is 4. The van der Waals surface area contributed by atoms with Gasteiger partial charge in [-0.05, 0) is 24.8 Å². The summed E-state index contributed by atoms with van der Waals surface area (Å²) < 4.78 is 0. The third-order valence-electron chi connectivity index (χ3n) is 3.36. The average molecular weight is 309 g/mol. The molecule has 1 amide bonds. The van der Waals surface area contributed by atoms with Crippen LogP contribution in [0.4, 0.5) is 5.69 Å². The lowest BCUT2D eigenvalue weighted by molar-refractivity contribution is -0.122. The zero-order chi connectivity index (χ0) is 14.7. The molecule has 0 aliphatic carbocycles. The maximum Gasteiger partial charge on any atom is 0.242 e. The van der Waals surface area contributed by atoms with Crippen molar-refractivity contribution in [1.82, 2.24) is 5.32 Å². The Morgan fingerprint density at radius 2 is 2.35 bits per heavy atom. The summed E-state index contributed by atoms with van der Waals surface area (Å²) in [6.07, 6.45) is 0. The molecule has 20 heavy (non-hydrogen) atoms. The number of nitrogens with zero attached hydrogens (tertiary/aromatic N) is 1. The molecule has 108 valence electrons. The molecular weight excluding hydrogens is 290 g/mol. The van der Waals surface area contributed by atoms with E-state index in [1.807, 2.05) is 25.1 Å². The van der Waals surface area contributed by atoms with Crippen LogP contribution in [-0.2, 0) is 4.79 Å². The number of thiocarbonyl (C=S) groups is 1. The summed E-state index contributed by atoms with van der Waals surface area (Å²) in [6, 6.07) is 5.80. The molecule has 4 nitrogen and oxygen atoms in total. The molecule has 1 saturated heterocycles. The Hall–Kier alpha value is -1.27. The predicted molar refractivity (Wildman–Crippen MR) is 88.5 cm³/mol. The zero-order valence-electron chi connectivity index (χ0n) is 11.7. The molecule has 1 heterocycles. The highest BCUT2D eigenvalue weighted by Gasteiger charge is 2.28. The quantitative estimate of drug-likeness (QED) is 0.655. The van der Waals surface area contributed by atoms with Crippen molar-refractivity contribution in [1.29, 1.82) is 0 Å². The second kappa shape index (κ2) is 6.45. The fraction of sp³-hybridized carbons (Fsp3) is 0.429. The molecule has 1 atom stereocenters. The fourth-order valence-electron chi connectivity index (χ4n) is 2.39. The van der Waals surface area contributed by atoms with Crippen molar-refractivity contribution in [2.45, 2.75) is 24.8 Å². The highest BCUT2D eigenvalue weighted by atomic mass is 32.2. The minimum absolute atomic E-state index is 0.0405. The first-order valence-corrected chi connectivity index (χ1v) is 8.05. The van der Waals surface area contributed by atoms with Gasteiger partial charge in [0.05, 0.1) is 0 Å². The Kier molecular flexibility index (Phi) is 4.88. The zero-order valence-corrected chi connectivity index (χ0v) is 13.3. The number of hydrogen-bond donors (Lipinski definition) is 2. The van der Waals surface area contributed by atoms with E-state index in [0.717, 1.165) is 28.4 Å². The van der Waals surface area contributed by atoms with Crippen LogP contribution >= 0.6 is 24.0 Å². The fourth-order valence-corrected chi connectivity index (χ4v) is 3.52. The van der Waals surface area contributed by atoms with E-state index in [1.165, 1.54) is 0 Å². The Bertz CT molecular complexity index is 533. The first-order chi connectivity index (χ1) is 9.56. The molecule has 0 bridgehead atoms. The van der Waals surface area contributed by atoms with Gasteiger partial charge in [-0.2, -0.15) is 0 Å². The van der Waals surface area contributed by atoms with Gasteiger partial charge < -0.3 is 16.0 Å². The van der Waals surface area contributed by atoms with Gasteiger partial charge in [-0.3, -0.25) is 4.79 Å². The van der Waals surface area contributed by atoms with Gasteiger partial charge in [0.15, 0.2) is 0 Å². The van der Waals surface area contributed by atoms with Gasteiger partial charge in [0.2, 0.25) is 5.91 Å². The van der Waals surface area contributed by atoms with Crippen molar-refractivity contribution in [3.63, 3.8) is 0 Å². The van der Waals surface area contributed by atoms with Crippen LogP contribution in [0.25, 0.3) is 0 Å². The number of carbonyl (C=O) groups is 1. The number of carbonyl (C=O) groups excluding carboxylic acids is 1. The van der Waals surface area contributed by atoms with Gasteiger partial charge in [-0.1, -0.05) is 25.2 Å². The van der Waals surface area contributed by atoms with Gasteiger partial charge in [0.1, 0.15) is 11.0 Å². The first-order valence-electron chi connectivity index (χ1n) is 6.66. The van der Waals surface area contributed by atoms with Crippen LogP contribution in [0.3, 0.4) is 0 Å². The van der Waals surface area contributed by atoms with Crippen molar-refractivity contribution in [2.24, 2.45) is 5.73 Å². The van der Waals surface area contributed by atoms with Gasteiger partial charge in [0, 0.05) is 29.2 Å². The molecule has 1 unspecified atom stereocenters. The number of amides is 1. The van der Waals surface area contributed by atoms with Crippen LogP contribution in [0.2, 0.25) is 0 Å². The molecule has 1 fully saturated rings. The lowest BCUT2D eigenvalue weighted by atomic mass is 10.1. The lowest BCUT2D eigenvalue weighted by Crippen LogP contribution is -2.54. The SMILES string of the molecule is CCSc1cccc(N2CCNC(=O)C2C)c1C(N)=S. The second-order valence-corrected chi connectivity index (χ2v) is 6.35. The molecule has 0 saturated carbocycles. The second-order valence-electron chi connectivity index (χ2n) is 4.61. The molecule has 3 N–H and O–H groups in total. The summed E-state index contributed by atoms with van der Waals surface area (Å²) in [5.74, 6) is 0.994. The van der Waals surface area contributed by atoms with Crippen molar-refractivity contribution in [2.75, 3.05) is 23.7 Å². The number of nitrogens with two attached hydrogens (primary N) is 1. The van der Waals surface area contributed by atoms with Gasteiger partial charge in [-0.15, -0.1) is 11.8 Å². The standard InChI is InChI=1S/C14H19N3OS2/c1-3-20-11-6-4-5-10(12(11)13(15)19)17-8-7-16-14(18)9(17)2/h4-6,9H,3,7-8H2,1-2H3,(H2,15,19)(H,16,18). The van der Waals surface area contributed by atoms with Crippen LogP contribution < -0.4 is 16.0 Å². The van der Waals surface area contributed by atoms with E-state index in [9.17, 15) is 4.79 Å². The monoisotopic (exact) mass is 309 g/mol. The lowest BCUT2D eigenvalue weighted by Gasteiger charge is -2.36. The highest BCUT2D eigenvalue weighted by molar-refractivity contribution is 7.99. The summed E-state index contributed by atoms with van der Waals surface area (Å²) in [6.45, 7) is 5.41. The van der Waals surface area contributed by atoms with Gasteiger partial charge >= 0.3 is 0 Å².